The van der Waals surface area contributed by atoms with Crippen molar-refractivity contribution in [2.45, 2.75) is 45.1 Å². The lowest BCUT2D eigenvalue weighted by atomic mass is 10.1. The summed E-state index contributed by atoms with van der Waals surface area (Å²) in [5, 5.41) is 0. The molecule has 6 heteroatoms. The highest BCUT2D eigenvalue weighted by molar-refractivity contribution is 7.92. The average Bonchev–Trinajstić information content (AvgIpc) is 3.10. The van der Waals surface area contributed by atoms with Crippen LogP contribution in [0, 0.1) is 13.8 Å². The third kappa shape index (κ3) is 4.35. The summed E-state index contributed by atoms with van der Waals surface area (Å²) in [4.78, 5) is 5.10. The van der Waals surface area contributed by atoms with Gasteiger partial charge in [0.1, 0.15) is 5.82 Å². The Morgan fingerprint density at radius 1 is 0.935 bits per heavy atom. The van der Waals surface area contributed by atoms with Gasteiger partial charge >= 0.3 is 0 Å². The molecular weight excluding hydrogens is 406 g/mol. The fourth-order valence-corrected chi connectivity index (χ4v) is 5.38. The smallest absolute Gasteiger partial charge is 0.262 e. The van der Waals surface area contributed by atoms with Crippen molar-refractivity contribution in [1.29, 1.82) is 0 Å². The Bertz CT molecular complexity index is 1340. The molecule has 5 nitrogen and oxygen atoms in total. The highest BCUT2D eigenvalue weighted by Gasteiger charge is 2.18. The Morgan fingerprint density at radius 2 is 1.68 bits per heavy atom. The van der Waals surface area contributed by atoms with Crippen LogP contribution in [0.2, 0.25) is 0 Å². The van der Waals surface area contributed by atoms with Gasteiger partial charge in [-0.3, -0.25) is 4.72 Å². The van der Waals surface area contributed by atoms with E-state index in [1.165, 1.54) is 0 Å². The van der Waals surface area contributed by atoms with Gasteiger partial charge in [-0.1, -0.05) is 48.0 Å². The van der Waals surface area contributed by atoms with Gasteiger partial charge in [-0.2, -0.15) is 0 Å². The van der Waals surface area contributed by atoms with Crippen LogP contribution in [0.25, 0.3) is 11.0 Å². The molecule has 0 saturated carbocycles. The van der Waals surface area contributed by atoms with Crippen LogP contribution < -0.4 is 4.72 Å². The Kier molecular flexibility index (Phi) is 5.83. The van der Waals surface area contributed by atoms with Crippen molar-refractivity contribution in [1.82, 2.24) is 9.55 Å². The molecule has 0 aliphatic carbocycles. The van der Waals surface area contributed by atoms with Crippen LogP contribution in [0.15, 0.2) is 71.6 Å². The zero-order valence-electron chi connectivity index (χ0n) is 18.1. The summed E-state index contributed by atoms with van der Waals surface area (Å²) in [5.41, 5.74) is 5.46. The number of hydrogen-bond donors (Lipinski definition) is 1. The summed E-state index contributed by atoms with van der Waals surface area (Å²) in [5.74, 6) is 1.01. The standard InChI is InChI=1S/C25H27N3O2S/c1-4-28-23-12-8-7-11-22(23)26-25(28)16-14-20-9-5-6-10-21(20)27-31(29,30)24-15-13-18(2)17-19(24)3/h5-13,15,17,27H,4,14,16H2,1-3H3. The molecule has 0 unspecified atom stereocenters. The molecule has 0 saturated heterocycles. The van der Waals surface area contributed by atoms with Crippen molar-refractivity contribution >= 4 is 26.7 Å². The molecule has 3 aromatic carbocycles. The minimum absolute atomic E-state index is 0.306. The van der Waals surface area contributed by atoms with E-state index in [2.05, 4.69) is 22.3 Å². The maximum absolute atomic E-state index is 13.1. The highest BCUT2D eigenvalue weighted by atomic mass is 32.2. The SMILES string of the molecule is CCn1c(CCc2ccccc2NS(=O)(=O)c2ccc(C)cc2C)nc2ccccc21. The van der Waals surface area contributed by atoms with E-state index in [4.69, 9.17) is 4.98 Å². The Hall–Kier alpha value is -3.12. The van der Waals surface area contributed by atoms with E-state index in [0.717, 1.165) is 46.5 Å². The number of aromatic nitrogens is 2. The topological polar surface area (TPSA) is 64.0 Å². The van der Waals surface area contributed by atoms with Gasteiger partial charge < -0.3 is 4.57 Å². The molecule has 0 radical (unpaired) electrons. The van der Waals surface area contributed by atoms with E-state index in [9.17, 15) is 8.42 Å². The first-order valence-electron chi connectivity index (χ1n) is 10.5. The van der Waals surface area contributed by atoms with Gasteiger partial charge in [-0.15, -0.1) is 0 Å². The number of benzene rings is 3. The third-order valence-corrected chi connectivity index (χ3v) is 7.08. The number of para-hydroxylation sites is 3. The molecule has 0 aliphatic rings. The van der Waals surface area contributed by atoms with Gasteiger partial charge in [-0.25, -0.2) is 13.4 Å². The molecule has 0 aliphatic heterocycles. The Labute approximate surface area is 183 Å². The number of imidazole rings is 1. The van der Waals surface area contributed by atoms with E-state index in [1.807, 2.05) is 68.4 Å². The monoisotopic (exact) mass is 433 g/mol. The molecule has 1 N–H and O–H groups in total. The van der Waals surface area contributed by atoms with Crippen LogP contribution in [-0.2, 0) is 29.4 Å². The summed E-state index contributed by atoms with van der Waals surface area (Å²) in [6, 6.07) is 21.1. The average molecular weight is 434 g/mol. The Balaban J connectivity index is 1.60. The summed E-state index contributed by atoms with van der Waals surface area (Å²) in [6.07, 6.45) is 1.42. The quantitative estimate of drug-likeness (QED) is 0.432. The van der Waals surface area contributed by atoms with E-state index in [-0.39, 0.29) is 0 Å². The molecule has 4 aromatic rings. The molecule has 0 fully saturated rings. The number of anilines is 1. The third-order valence-electron chi connectivity index (χ3n) is 5.55. The maximum atomic E-state index is 13.1. The van der Waals surface area contributed by atoms with Crippen molar-refractivity contribution in [3.05, 3.63) is 89.2 Å². The maximum Gasteiger partial charge on any atom is 0.262 e. The lowest BCUT2D eigenvalue weighted by Crippen LogP contribution is -2.16. The number of sulfonamides is 1. The zero-order chi connectivity index (χ0) is 22.0. The molecule has 0 spiro atoms. The van der Waals surface area contributed by atoms with Crippen LogP contribution in [0.3, 0.4) is 0 Å². The molecule has 0 bridgehead atoms. The summed E-state index contributed by atoms with van der Waals surface area (Å²) >= 11 is 0. The van der Waals surface area contributed by atoms with Crippen LogP contribution in [0.5, 0.6) is 0 Å². The van der Waals surface area contributed by atoms with E-state index < -0.39 is 10.0 Å². The van der Waals surface area contributed by atoms with Crippen molar-refractivity contribution in [2.75, 3.05) is 4.72 Å². The van der Waals surface area contributed by atoms with Crippen molar-refractivity contribution in [2.24, 2.45) is 0 Å². The summed E-state index contributed by atoms with van der Waals surface area (Å²) in [7, 11) is -3.67. The predicted octanol–water partition coefficient (Wildman–Crippen LogP) is 5.26. The van der Waals surface area contributed by atoms with Crippen LogP contribution >= 0.6 is 0 Å². The fraction of sp³-hybridized carbons (Fsp3) is 0.240. The van der Waals surface area contributed by atoms with Gasteiger partial charge in [0.05, 0.1) is 21.6 Å². The second-order valence-corrected chi connectivity index (χ2v) is 9.44. The van der Waals surface area contributed by atoms with Gasteiger partial charge in [0, 0.05) is 13.0 Å². The summed E-state index contributed by atoms with van der Waals surface area (Å²) in [6.45, 7) is 6.73. The van der Waals surface area contributed by atoms with Gasteiger partial charge in [-0.05, 0) is 62.6 Å². The van der Waals surface area contributed by atoms with Crippen LogP contribution in [0.1, 0.15) is 29.4 Å². The Morgan fingerprint density at radius 3 is 2.45 bits per heavy atom. The second kappa shape index (κ2) is 8.55. The first-order valence-corrected chi connectivity index (χ1v) is 12.0. The number of nitrogens with one attached hydrogen (secondary N) is 1. The van der Waals surface area contributed by atoms with Crippen molar-refractivity contribution in [3.63, 3.8) is 0 Å². The zero-order valence-corrected chi connectivity index (χ0v) is 18.9. The number of aryl methyl sites for hydroxylation is 5. The molecule has 4 rings (SSSR count). The normalized spacial score (nSPS) is 11.7. The number of hydrogen-bond acceptors (Lipinski definition) is 3. The first kappa shape index (κ1) is 21.1. The number of nitrogens with zero attached hydrogens (tertiary/aromatic N) is 2. The first-order chi connectivity index (χ1) is 14.9. The van der Waals surface area contributed by atoms with Crippen molar-refractivity contribution in [3.8, 4) is 0 Å². The fourth-order valence-electron chi connectivity index (χ4n) is 4.05. The van der Waals surface area contributed by atoms with Gasteiger partial charge in [0.2, 0.25) is 0 Å². The van der Waals surface area contributed by atoms with Gasteiger partial charge in [0.25, 0.3) is 10.0 Å². The molecule has 160 valence electrons. The lowest BCUT2D eigenvalue weighted by molar-refractivity contribution is 0.600. The van der Waals surface area contributed by atoms with E-state index >= 15 is 0 Å². The van der Waals surface area contributed by atoms with Gasteiger partial charge in [0.15, 0.2) is 0 Å². The second-order valence-electron chi connectivity index (χ2n) is 7.79. The minimum Gasteiger partial charge on any atom is -0.328 e. The van der Waals surface area contributed by atoms with Crippen LogP contribution in [-0.4, -0.2) is 18.0 Å². The highest BCUT2D eigenvalue weighted by Crippen LogP contribution is 2.24. The lowest BCUT2D eigenvalue weighted by Gasteiger charge is -2.14. The number of rotatable bonds is 7. The van der Waals surface area contributed by atoms with Crippen molar-refractivity contribution < 1.29 is 8.42 Å². The van der Waals surface area contributed by atoms with E-state index in [0.29, 0.717) is 17.0 Å². The minimum atomic E-state index is -3.67. The largest absolute Gasteiger partial charge is 0.328 e. The predicted molar refractivity (Wildman–Crippen MR) is 126 cm³/mol. The molecular formula is C25H27N3O2S. The summed E-state index contributed by atoms with van der Waals surface area (Å²) < 4.78 is 31.1. The van der Waals surface area contributed by atoms with E-state index in [1.54, 1.807) is 6.07 Å². The molecule has 1 heterocycles. The van der Waals surface area contributed by atoms with Crippen LogP contribution in [0.4, 0.5) is 5.69 Å². The molecule has 0 amide bonds. The molecule has 31 heavy (non-hydrogen) atoms. The number of fused-ring (bicyclic) bond motifs is 1. The molecule has 0 atom stereocenters. The molecule has 1 aromatic heterocycles.